The minimum Gasteiger partial charge on any atom is -0.345 e. The second kappa shape index (κ2) is 4.66. The van der Waals surface area contributed by atoms with Gasteiger partial charge in [0.25, 0.3) is 0 Å². The Bertz CT molecular complexity index is 196. The van der Waals surface area contributed by atoms with Gasteiger partial charge in [-0.2, -0.15) is 0 Å². The van der Waals surface area contributed by atoms with Crippen LogP contribution in [0.4, 0.5) is 0 Å². The highest BCUT2D eigenvalue weighted by Crippen LogP contribution is 2.06. The normalized spacial score (nSPS) is 17.7. The number of hydrogen-bond acceptors (Lipinski definition) is 1. The Kier molecular flexibility index (Phi) is 3.46. The third-order valence-corrected chi connectivity index (χ3v) is 1.97. The number of terminal acetylenes is 1. The van der Waals surface area contributed by atoms with Crippen LogP contribution in [0.2, 0.25) is 0 Å². The summed E-state index contributed by atoms with van der Waals surface area (Å²) in [5, 5.41) is 3.10. The van der Waals surface area contributed by atoms with E-state index >= 15 is 0 Å². The van der Waals surface area contributed by atoms with Crippen molar-refractivity contribution in [2.24, 2.45) is 4.99 Å². The molecule has 1 aliphatic heterocycles. The van der Waals surface area contributed by atoms with Gasteiger partial charge in [0.1, 0.15) is 0 Å². The Hall–Kier alpha value is -1.17. The van der Waals surface area contributed by atoms with Gasteiger partial charge >= 0.3 is 0 Å². The first-order valence-electron chi connectivity index (χ1n) is 4.27. The van der Waals surface area contributed by atoms with Crippen LogP contribution in [0.3, 0.4) is 0 Å². The Morgan fingerprint density at radius 2 is 2.25 bits per heavy atom. The number of aliphatic imine (C=N–C) groups is 1. The smallest absolute Gasteiger partial charge is 0.194 e. The first-order chi connectivity index (χ1) is 5.88. The van der Waals surface area contributed by atoms with E-state index in [4.69, 9.17) is 6.42 Å². The molecule has 3 nitrogen and oxygen atoms in total. The zero-order chi connectivity index (χ0) is 8.81. The third kappa shape index (κ3) is 2.16. The molecule has 0 bridgehead atoms. The molecule has 1 N–H and O–H groups in total. The highest BCUT2D eigenvalue weighted by Gasteiger charge is 2.14. The standard InChI is InChI=1S/C9H15N3/c1-3-6-11-9(10-2)12-7-4-5-8-12/h1H,4-8H2,2H3,(H,10,11). The molecule has 0 aromatic heterocycles. The molecule has 0 radical (unpaired) electrons. The largest absolute Gasteiger partial charge is 0.345 e. The number of hydrogen-bond donors (Lipinski definition) is 1. The number of likely N-dealkylation sites (tertiary alicyclic amines) is 1. The average Bonchev–Trinajstić information content (AvgIpc) is 2.59. The van der Waals surface area contributed by atoms with Crippen LogP contribution in [0.5, 0.6) is 0 Å². The predicted octanol–water partition coefficient (Wildman–Crippen LogP) is 0.291. The number of nitrogens with one attached hydrogen (secondary N) is 1. The van der Waals surface area contributed by atoms with E-state index < -0.39 is 0 Å². The quantitative estimate of drug-likeness (QED) is 0.343. The fourth-order valence-electron chi connectivity index (χ4n) is 1.39. The lowest BCUT2D eigenvalue weighted by Crippen LogP contribution is -2.39. The monoisotopic (exact) mass is 165 g/mol. The van der Waals surface area contributed by atoms with Gasteiger partial charge in [-0.25, -0.2) is 0 Å². The van der Waals surface area contributed by atoms with E-state index in [0.717, 1.165) is 19.0 Å². The van der Waals surface area contributed by atoms with Gasteiger partial charge in [0.05, 0.1) is 6.54 Å². The van der Waals surface area contributed by atoms with E-state index in [-0.39, 0.29) is 0 Å². The summed E-state index contributed by atoms with van der Waals surface area (Å²) >= 11 is 0. The molecule has 1 aliphatic rings. The topological polar surface area (TPSA) is 27.6 Å². The third-order valence-electron chi connectivity index (χ3n) is 1.97. The van der Waals surface area contributed by atoms with Crippen molar-refractivity contribution in [2.75, 3.05) is 26.7 Å². The van der Waals surface area contributed by atoms with Crippen molar-refractivity contribution in [3.05, 3.63) is 0 Å². The lowest BCUT2D eigenvalue weighted by Gasteiger charge is -2.19. The van der Waals surface area contributed by atoms with Gasteiger partial charge in [-0.05, 0) is 12.8 Å². The average molecular weight is 165 g/mol. The molecular formula is C9H15N3. The SMILES string of the molecule is C#CCNC(=NC)N1CCCC1. The van der Waals surface area contributed by atoms with Crippen molar-refractivity contribution in [3.63, 3.8) is 0 Å². The summed E-state index contributed by atoms with van der Waals surface area (Å²) in [6.07, 6.45) is 7.67. The van der Waals surface area contributed by atoms with Crippen LogP contribution in [0.25, 0.3) is 0 Å². The molecule has 0 spiro atoms. The zero-order valence-corrected chi connectivity index (χ0v) is 7.51. The van der Waals surface area contributed by atoms with E-state index in [9.17, 15) is 0 Å². The minimum absolute atomic E-state index is 0.559. The van der Waals surface area contributed by atoms with Gasteiger partial charge in [-0.1, -0.05) is 5.92 Å². The van der Waals surface area contributed by atoms with Gasteiger partial charge in [-0.15, -0.1) is 6.42 Å². The lowest BCUT2D eigenvalue weighted by molar-refractivity contribution is 0.498. The fraction of sp³-hybridized carbons (Fsp3) is 0.667. The molecule has 0 amide bonds. The summed E-state index contributed by atoms with van der Waals surface area (Å²) in [5.41, 5.74) is 0. The van der Waals surface area contributed by atoms with E-state index in [1.54, 1.807) is 7.05 Å². The zero-order valence-electron chi connectivity index (χ0n) is 7.51. The molecule has 0 aromatic carbocycles. The summed E-state index contributed by atoms with van der Waals surface area (Å²) in [4.78, 5) is 6.38. The lowest BCUT2D eigenvalue weighted by atomic mass is 10.4. The van der Waals surface area contributed by atoms with Crippen molar-refractivity contribution in [1.29, 1.82) is 0 Å². The van der Waals surface area contributed by atoms with Crippen LogP contribution in [0.1, 0.15) is 12.8 Å². The number of guanidine groups is 1. The molecule has 0 saturated carbocycles. The van der Waals surface area contributed by atoms with Crippen LogP contribution in [-0.2, 0) is 0 Å². The van der Waals surface area contributed by atoms with Crippen LogP contribution in [0, 0.1) is 12.3 Å². The van der Waals surface area contributed by atoms with Crippen molar-refractivity contribution in [2.45, 2.75) is 12.8 Å². The maximum atomic E-state index is 5.14. The highest BCUT2D eigenvalue weighted by molar-refractivity contribution is 5.80. The Balaban J connectivity index is 2.40. The molecule has 66 valence electrons. The van der Waals surface area contributed by atoms with Crippen molar-refractivity contribution in [3.8, 4) is 12.3 Å². The summed E-state index contributed by atoms with van der Waals surface area (Å²) in [5.74, 6) is 3.47. The van der Waals surface area contributed by atoms with Gasteiger partial charge in [0.2, 0.25) is 0 Å². The molecule has 0 aromatic rings. The first kappa shape index (κ1) is 8.92. The Labute approximate surface area is 73.9 Å². The second-order valence-corrected chi connectivity index (χ2v) is 2.80. The molecule has 0 atom stereocenters. The second-order valence-electron chi connectivity index (χ2n) is 2.80. The van der Waals surface area contributed by atoms with Crippen molar-refractivity contribution >= 4 is 5.96 Å². The van der Waals surface area contributed by atoms with Crippen LogP contribution < -0.4 is 5.32 Å². The maximum absolute atomic E-state index is 5.14. The molecule has 12 heavy (non-hydrogen) atoms. The van der Waals surface area contributed by atoms with Crippen molar-refractivity contribution in [1.82, 2.24) is 10.2 Å². The molecule has 1 heterocycles. The molecule has 0 aliphatic carbocycles. The van der Waals surface area contributed by atoms with E-state index in [0.29, 0.717) is 6.54 Å². The molecular weight excluding hydrogens is 150 g/mol. The fourth-order valence-corrected chi connectivity index (χ4v) is 1.39. The molecule has 3 heteroatoms. The van der Waals surface area contributed by atoms with Crippen LogP contribution in [-0.4, -0.2) is 37.5 Å². The van der Waals surface area contributed by atoms with Crippen LogP contribution in [0.15, 0.2) is 4.99 Å². The predicted molar refractivity (Wildman–Crippen MR) is 51.0 cm³/mol. The number of rotatable bonds is 1. The summed E-state index contributed by atoms with van der Waals surface area (Å²) in [6, 6.07) is 0. The molecule has 1 rings (SSSR count). The van der Waals surface area contributed by atoms with Gasteiger partial charge in [-0.3, -0.25) is 4.99 Å². The van der Waals surface area contributed by atoms with Crippen molar-refractivity contribution < 1.29 is 0 Å². The van der Waals surface area contributed by atoms with Gasteiger partial charge in [0, 0.05) is 20.1 Å². The first-order valence-corrected chi connectivity index (χ1v) is 4.27. The highest BCUT2D eigenvalue weighted by atomic mass is 15.3. The summed E-state index contributed by atoms with van der Waals surface area (Å²) in [6.45, 7) is 2.76. The minimum atomic E-state index is 0.559. The van der Waals surface area contributed by atoms with E-state index in [1.807, 2.05) is 0 Å². The maximum Gasteiger partial charge on any atom is 0.194 e. The van der Waals surface area contributed by atoms with E-state index in [1.165, 1.54) is 12.8 Å². The summed E-state index contributed by atoms with van der Waals surface area (Å²) in [7, 11) is 1.79. The Morgan fingerprint density at radius 3 is 2.75 bits per heavy atom. The molecule has 1 saturated heterocycles. The molecule has 1 fully saturated rings. The van der Waals surface area contributed by atoms with Gasteiger partial charge in [0.15, 0.2) is 5.96 Å². The summed E-state index contributed by atoms with van der Waals surface area (Å²) < 4.78 is 0. The Morgan fingerprint density at radius 1 is 1.58 bits per heavy atom. The van der Waals surface area contributed by atoms with E-state index in [2.05, 4.69) is 21.1 Å². The van der Waals surface area contributed by atoms with Crippen LogP contribution >= 0.6 is 0 Å². The van der Waals surface area contributed by atoms with Gasteiger partial charge < -0.3 is 10.2 Å². The molecule has 0 unspecified atom stereocenters. The number of nitrogens with zero attached hydrogens (tertiary/aromatic N) is 2.